The number of benzene rings is 2. The summed E-state index contributed by atoms with van der Waals surface area (Å²) < 4.78 is 23.9. The van der Waals surface area contributed by atoms with Crippen LogP contribution < -0.4 is 20.1 Å². The Morgan fingerprint density at radius 3 is 2.58 bits per heavy atom. The van der Waals surface area contributed by atoms with Crippen LogP contribution >= 0.6 is 11.6 Å². The zero-order chi connectivity index (χ0) is 17.5. The molecule has 0 saturated heterocycles. The van der Waals surface area contributed by atoms with Gasteiger partial charge < -0.3 is 20.1 Å². The summed E-state index contributed by atoms with van der Waals surface area (Å²) in [4.78, 5) is 11.9. The Balaban J connectivity index is 1.88. The second-order valence-electron chi connectivity index (χ2n) is 4.94. The van der Waals surface area contributed by atoms with Crippen LogP contribution in [-0.2, 0) is 11.3 Å². The summed E-state index contributed by atoms with van der Waals surface area (Å²) in [5.74, 6) is 0.463. The van der Waals surface area contributed by atoms with Gasteiger partial charge in [-0.1, -0.05) is 17.7 Å². The van der Waals surface area contributed by atoms with Crippen LogP contribution in [0.2, 0.25) is 5.02 Å². The smallest absolute Gasteiger partial charge is 0.239 e. The van der Waals surface area contributed by atoms with Gasteiger partial charge >= 0.3 is 0 Å². The quantitative estimate of drug-likeness (QED) is 0.803. The van der Waals surface area contributed by atoms with E-state index in [1.54, 1.807) is 26.4 Å². The van der Waals surface area contributed by atoms with Crippen LogP contribution in [0.3, 0.4) is 0 Å². The number of ether oxygens (including phenoxy) is 2. The van der Waals surface area contributed by atoms with Crippen LogP contribution in [0, 0.1) is 5.82 Å². The van der Waals surface area contributed by atoms with E-state index < -0.39 is 5.82 Å². The topological polar surface area (TPSA) is 59.6 Å². The number of amides is 1. The summed E-state index contributed by atoms with van der Waals surface area (Å²) in [6.07, 6.45) is 0. The van der Waals surface area contributed by atoms with Gasteiger partial charge in [0.25, 0.3) is 0 Å². The van der Waals surface area contributed by atoms with Crippen LogP contribution in [0.15, 0.2) is 36.4 Å². The maximum atomic E-state index is 13.5. The average molecular weight is 353 g/mol. The molecule has 0 radical (unpaired) electrons. The van der Waals surface area contributed by atoms with Crippen LogP contribution in [0.4, 0.5) is 10.1 Å². The Hall–Kier alpha value is -2.47. The molecule has 1 amide bonds. The van der Waals surface area contributed by atoms with E-state index in [1.807, 2.05) is 6.07 Å². The molecule has 5 nitrogen and oxygen atoms in total. The van der Waals surface area contributed by atoms with Gasteiger partial charge in [-0.15, -0.1) is 0 Å². The first kappa shape index (κ1) is 17.9. The fraction of sp³-hybridized carbons (Fsp3) is 0.235. The molecular weight excluding hydrogens is 335 g/mol. The molecule has 0 fully saturated rings. The van der Waals surface area contributed by atoms with E-state index in [-0.39, 0.29) is 18.1 Å². The van der Waals surface area contributed by atoms with Crippen molar-refractivity contribution >= 4 is 23.2 Å². The van der Waals surface area contributed by atoms with E-state index in [1.165, 1.54) is 18.2 Å². The van der Waals surface area contributed by atoms with Crippen molar-refractivity contribution in [2.75, 3.05) is 26.1 Å². The molecule has 0 aliphatic carbocycles. The largest absolute Gasteiger partial charge is 0.493 e. The number of carbonyl (C=O) groups excluding carboxylic acids is 1. The third kappa shape index (κ3) is 4.76. The Morgan fingerprint density at radius 1 is 1.12 bits per heavy atom. The van der Waals surface area contributed by atoms with E-state index >= 15 is 0 Å². The van der Waals surface area contributed by atoms with Crippen LogP contribution in [0.25, 0.3) is 0 Å². The van der Waals surface area contributed by atoms with Crippen molar-refractivity contribution in [2.24, 2.45) is 0 Å². The standard InChI is InChI=1S/C17H18ClFN2O3/c1-23-15-6-3-11(7-16(15)24-2)9-21-17(22)10-20-14-8-12(18)4-5-13(14)19/h3-8,20H,9-10H2,1-2H3,(H,21,22). The highest BCUT2D eigenvalue weighted by molar-refractivity contribution is 6.30. The number of rotatable bonds is 7. The first-order valence-corrected chi connectivity index (χ1v) is 7.58. The number of carbonyl (C=O) groups is 1. The minimum absolute atomic E-state index is 0.0649. The molecule has 0 atom stereocenters. The van der Waals surface area contributed by atoms with E-state index in [4.69, 9.17) is 21.1 Å². The molecule has 0 saturated carbocycles. The van der Waals surface area contributed by atoms with Gasteiger partial charge in [-0.25, -0.2) is 4.39 Å². The fourth-order valence-electron chi connectivity index (χ4n) is 2.06. The van der Waals surface area contributed by atoms with E-state index in [0.29, 0.717) is 23.1 Å². The summed E-state index contributed by atoms with van der Waals surface area (Å²) in [6, 6.07) is 9.48. The molecule has 2 N–H and O–H groups in total. The van der Waals surface area contributed by atoms with Gasteiger partial charge in [-0.05, 0) is 35.9 Å². The van der Waals surface area contributed by atoms with Crippen LogP contribution in [-0.4, -0.2) is 26.7 Å². The van der Waals surface area contributed by atoms with Gasteiger partial charge in [0.2, 0.25) is 5.91 Å². The molecule has 7 heteroatoms. The molecule has 0 aliphatic rings. The maximum absolute atomic E-state index is 13.5. The second kappa shape index (κ2) is 8.40. The molecule has 2 aromatic carbocycles. The van der Waals surface area contributed by atoms with Crippen LogP contribution in [0.5, 0.6) is 11.5 Å². The molecule has 128 valence electrons. The minimum atomic E-state index is -0.466. The lowest BCUT2D eigenvalue weighted by molar-refractivity contribution is -0.119. The predicted molar refractivity (Wildman–Crippen MR) is 91.3 cm³/mol. The first-order valence-electron chi connectivity index (χ1n) is 7.20. The van der Waals surface area contributed by atoms with Crippen molar-refractivity contribution in [1.29, 1.82) is 0 Å². The molecule has 0 bridgehead atoms. The summed E-state index contributed by atoms with van der Waals surface area (Å²) in [5, 5.41) is 5.85. The van der Waals surface area contributed by atoms with Gasteiger partial charge in [-0.3, -0.25) is 4.79 Å². The lowest BCUT2D eigenvalue weighted by Crippen LogP contribution is -2.29. The average Bonchev–Trinajstić information content (AvgIpc) is 2.60. The molecule has 2 aromatic rings. The van der Waals surface area contributed by atoms with E-state index in [9.17, 15) is 9.18 Å². The van der Waals surface area contributed by atoms with Crippen LogP contribution in [0.1, 0.15) is 5.56 Å². The predicted octanol–water partition coefficient (Wildman–Crippen LogP) is 3.22. The molecular formula is C17H18ClFN2O3. The monoisotopic (exact) mass is 352 g/mol. The molecule has 2 rings (SSSR count). The Kier molecular flexibility index (Phi) is 6.26. The van der Waals surface area contributed by atoms with Crippen molar-refractivity contribution in [2.45, 2.75) is 6.54 Å². The van der Waals surface area contributed by atoms with Gasteiger partial charge in [0.05, 0.1) is 26.5 Å². The first-order chi connectivity index (χ1) is 11.5. The third-order valence-corrected chi connectivity index (χ3v) is 3.54. The molecule has 0 aromatic heterocycles. The zero-order valence-corrected chi connectivity index (χ0v) is 14.1. The SMILES string of the molecule is COc1ccc(CNC(=O)CNc2cc(Cl)ccc2F)cc1OC. The highest BCUT2D eigenvalue weighted by atomic mass is 35.5. The van der Waals surface area contributed by atoms with E-state index in [0.717, 1.165) is 5.56 Å². The number of methoxy groups -OCH3 is 2. The minimum Gasteiger partial charge on any atom is -0.493 e. The number of hydrogen-bond acceptors (Lipinski definition) is 4. The van der Waals surface area contributed by atoms with Crippen molar-refractivity contribution < 1.29 is 18.7 Å². The summed E-state index contributed by atoms with van der Waals surface area (Å²) in [5.41, 5.74) is 1.04. The van der Waals surface area contributed by atoms with E-state index in [2.05, 4.69) is 10.6 Å². The van der Waals surface area contributed by atoms with Gasteiger partial charge in [-0.2, -0.15) is 0 Å². The third-order valence-electron chi connectivity index (χ3n) is 3.31. The van der Waals surface area contributed by atoms with Crippen molar-refractivity contribution in [1.82, 2.24) is 5.32 Å². The van der Waals surface area contributed by atoms with Gasteiger partial charge in [0.15, 0.2) is 11.5 Å². The highest BCUT2D eigenvalue weighted by Gasteiger charge is 2.08. The molecule has 24 heavy (non-hydrogen) atoms. The zero-order valence-electron chi connectivity index (χ0n) is 13.4. The number of anilines is 1. The number of nitrogens with one attached hydrogen (secondary N) is 2. The molecule has 0 spiro atoms. The fourth-order valence-corrected chi connectivity index (χ4v) is 2.23. The Morgan fingerprint density at radius 2 is 1.88 bits per heavy atom. The molecule has 0 heterocycles. The van der Waals surface area contributed by atoms with Gasteiger partial charge in [0, 0.05) is 11.6 Å². The maximum Gasteiger partial charge on any atom is 0.239 e. The Bertz CT molecular complexity index is 725. The number of hydrogen-bond donors (Lipinski definition) is 2. The molecule has 0 unspecified atom stereocenters. The second-order valence-corrected chi connectivity index (χ2v) is 5.38. The number of halogens is 2. The normalized spacial score (nSPS) is 10.2. The Labute approximate surface area is 144 Å². The summed E-state index contributed by atoms with van der Waals surface area (Å²) >= 11 is 5.80. The van der Waals surface area contributed by atoms with Crippen molar-refractivity contribution in [3.8, 4) is 11.5 Å². The van der Waals surface area contributed by atoms with Gasteiger partial charge in [0.1, 0.15) is 5.82 Å². The summed E-state index contributed by atoms with van der Waals surface area (Å²) in [7, 11) is 3.10. The lowest BCUT2D eigenvalue weighted by Gasteiger charge is -2.11. The highest BCUT2D eigenvalue weighted by Crippen LogP contribution is 2.27. The summed E-state index contributed by atoms with van der Waals surface area (Å²) in [6.45, 7) is 0.253. The van der Waals surface area contributed by atoms with Crippen molar-refractivity contribution in [3.63, 3.8) is 0 Å². The van der Waals surface area contributed by atoms with Crippen molar-refractivity contribution in [3.05, 3.63) is 52.8 Å². The molecule has 0 aliphatic heterocycles. The lowest BCUT2D eigenvalue weighted by atomic mass is 10.2.